The minimum Gasteiger partial charge on any atom is -0.493 e. The van der Waals surface area contributed by atoms with Gasteiger partial charge in [-0.15, -0.1) is 0 Å². The minimum absolute atomic E-state index is 0.0952. The molecule has 7 heteroatoms. The van der Waals surface area contributed by atoms with E-state index in [9.17, 15) is 9.59 Å². The van der Waals surface area contributed by atoms with Crippen LogP contribution in [-0.4, -0.2) is 50.6 Å². The van der Waals surface area contributed by atoms with Crippen molar-refractivity contribution in [2.24, 2.45) is 0 Å². The summed E-state index contributed by atoms with van der Waals surface area (Å²) in [5.74, 6) is 1.38. The molecule has 7 nitrogen and oxygen atoms in total. The molecule has 0 saturated carbocycles. The number of anilines is 2. The van der Waals surface area contributed by atoms with Gasteiger partial charge in [0.2, 0.25) is 11.8 Å². The van der Waals surface area contributed by atoms with E-state index in [1.807, 2.05) is 54.3 Å². The molecule has 0 atom stereocenters. The molecule has 1 saturated heterocycles. The number of benzene rings is 2. The first-order valence-electron chi connectivity index (χ1n) is 10.2. The average molecular weight is 412 g/mol. The lowest BCUT2D eigenvalue weighted by Crippen LogP contribution is -2.32. The third kappa shape index (κ3) is 5.30. The Morgan fingerprint density at radius 2 is 1.93 bits per heavy atom. The Kier molecular flexibility index (Phi) is 7.30. The largest absolute Gasteiger partial charge is 0.493 e. The van der Waals surface area contributed by atoms with Gasteiger partial charge in [-0.1, -0.05) is 19.1 Å². The second kappa shape index (κ2) is 10.1. The molecule has 1 heterocycles. The molecule has 0 aromatic heterocycles. The van der Waals surface area contributed by atoms with Crippen LogP contribution in [0.4, 0.5) is 11.4 Å². The van der Waals surface area contributed by atoms with Crippen LogP contribution in [0.15, 0.2) is 42.5 Å². The van der Waals surface area contributed by atoms with E-state index >= 15 is 0 Å². The fraction of sp³-hybridized carbons (Fsp3) is 0.391. The topological polar surface area (TPSA) is 71.1 Å². The molecule has 1 fully saturated rings. The summed E-state index contributed by atoms with van der Waals surface area (Å²) < 4.78 is 10.6. The number of hydrogen-bond acceptors (Lipinski definition) is 5. The number of methoxy groups -OCH3 is 2. The summed E-state index contributed by atoms with van der Waals surface area (Å²) in [4.78, 5) is 28.4. The lowest BCUT2D eigenvalue weighted by Gasteiger charge is -2.21. The Morgan fingerprint density at radius 3 is 2.60 bits per heavy atom. The molecular weight excluding hydrogens is 382 g/mol. The van der Waals surface area contributed by atoms with Gasteiger partial charge in [-0.25, -0.2) is 0 Å². The maximum absolute atomic E-state index is 12.6. The number of hydrogen-bond donors (Lipinski definition) is 1. The molecule has 2 aromatic rings. The van der Waals surface area contributed by atoms with Crippen LogP contribution in [-0.2, 0) is 16.1 Å². The smallest absolute Gasteiger partial charge is 0.238 e. The third-order valence-electron chi connectivity index (χ3n) is 5.18. The number of nitrogens with zero attached hydrogens (tertiary/aromatic N) is 2. The van der Waals surface area contributed by atoms with Gasteiger partial charge < -0.3 is 19.7 Å². The summed E-state index contributed by atoms with van der Waals surface area (Å²) >= 11 is 0. The summed E-state index contributed by atoms with van der Waals surface area (Å²) in [5, 5.41) is 2.95. The SMILES string of the molecule is CCN(CC(=O)Nc1cccc(N2CCCC2=O)c1)Cc1ccc(OC)c(OC)c1. The Labute approximate surface area is 177 Å². The van der Waals surface area contributed by atoms with Gasteiger partial charge in [0.1, 0.15) is 0 Å². The summed E-state index contributed by atoms with van der Waals surface area (Å²) in [6.45, 7) is 4.35. The molecule has 3 rings (SSSR count). The summed E-state index contributed by atoms with van der Waals surface area (Å²) in [6.07, 6.45) is 1.45. The van der Waals surface area contributed by atoms with Crippen molar-refractivity contribution in [2.75, 3.05) is 44.1 Å². The number of rotatable bonds is 9. The number of ether oxygens (including phenoxy) is 2. The predicted octanol–water partition coefficient (Wildman–Crippen LogP) is 3.29. The van der Waals surface area contributed by atoms with Crippen molar-refractivity contribution in [2.45, 2.75) is 26.3 Å². The number of nitrogens with one attached hydrogen (secondary N) is 1. The first-order valence-corrected chi connectivity index (χ1v) is 10.2. The Hall–Kier alpha value is -3.06. The fourth-order valence-corrected chi connectivity index (χ4v) is 3.59. The minimum atomic E-state index is -0.0952. The maximum Gasteiger partial charge on any atom is 0.238 e. The number of amides is 2. The van der Waals surface area contributed by atoms with Gasteiger partial charge in [0.15, 0.2) is 11.5 Å². The molecule has 2 amide bonds. The van der Waals surface area contributed by atoms with Gasteiger partial charge in [-0.2, -0.15) is 0 Å². The number of carbonyl (C=O) groups excluding carboxylic acids is 2. The van der Waals surface area contributed by atoms with Crippen molar-refractivity contribution in [3.05, 3.63) is 48.0 Å². The van der Waals surface area contributed by atoms with Gasteiger partial charge in [-0.05, 0) is 48.9 Å². The molecule has 0 spiro atoms. The molecule has 1 aliphatic rings. The second-order valence-corrected chi connectivity index (χ2v) is 7.24. The molecule has 1 N–H and O–H groups in total. The highest BCUT2D eigenvalue weighted by Gasteiger charge is 2.22. The van der Waals surface area contributed by atoms with E-state index in [0.29, 0.717) is 30.2 Å². The Morgan fingerprint density at radius 1 is 1.13 bits per heavy atom. The van der Waals surface area contributed by atoms with Crippen molar-refractivity contribution in [1.82, 2.24) is 4.90 Å². The van der Waals surface area contributed by atoms with E-state index in [2.05, 4.69) is 5.32 Å². The zero-order chi connectivity index (χ0) is 21.5. The predicted molar refractivity (Wildman–Crippen MR) is 117 cm³/mol. The molecule has 30 heavy (non-hydrogen) atoms. The summed E-state index contributed by atoms with van der Waals surface area (Å²) in [7, 11) is 3.21. The summed E-state index contributed by atoms with van der Waals surface area (Å²) in [6, 6.07) is 13.2. The lowest BCUT2D eigenvalue weighted by molar-refractivity contribution is -0.118. The van der Waals surface area contributed by atoms with Crippen LogP contribution in [0, 0.1) is 0 Å². The maximum atomic E-state index is 12.6. The van der Waals surface area contributed by atoms with E-state index in [-0.39, 0.29) is 18.4 Å². The van der Waals surface area contributed by atoms with Crippen LogP contribution in [0.2, 0.25) is 0 Å². The van der Waals surface area contributed by atoms with Crippen molar-refractivity contribution in [1.29, 1.82) is 0 Å². The van der Waals surface area contributed by atoms with Gasteiger partial charge >= 0.3 is 0 Å². The first kappa shape index (κ1) is 21.6. The standard InChI is InChI=1S/C23H29N3O4/c1-4-25(15-17-10-11-20(29-2)21(13-17)30-3)16-22(27)24-18-7-5-8-19(14-18)26-12-6-9-23(26)28/h5,7-8,10-11,13-14H,4,6,9,12,15-16H2,1-3H3,(H,24,27). The average Bonchev–Trinajstić information content (AvgIpc) is 3.19. The van der Waals surface area contributed by atoms with E-state index < -0.39 is 0 Å². The van der Waals surface area contributed by atoms with E-state index in [1.165, 1.54) is 0 Å². The van der Waals surface area contributed by atoms with Crippen LogP contribution in [0.1, 0.15) is 25.3 Å². The monoisotopic (exact) mass is 411 g/mol. The molecule has 0 aliphatic carbocycles. The van der Waals surface area contributed by atoms with Crippen LogP contribution in [0.5, 0.6) is 11.5 Å². The molecule has 0 bridgehead atoms. The Bertz CT molecular complexity index is 900. The molecular formula is C23H29N3O4. The molecule has 0 radical (unpaired) electrons. The lowest BCUT2D eigenvalue weighted by atomic mass is 10.2. The number of carbonyl (C=O) groups is 2. The van der Waals surface area contributed by atoms with Gasteiger partial charge in [-0.3, -0.25) is 14.5 Å². The highest BCUT2D eigenvalue weighted by atomic mass is 16.5. The van der Waals surface area contributed by atoms with E-state index in [1.54, 1.807) is 19.1 Å². The normalized spacial score (nSPS) is 13.6. The van der Waals surface area contributed by atoms with E-state index in [4.69, 9.17) is 9.47 Å². The van der Waals surface area contributed by atoms with E-state index in [0.717, 1.165) is 30.8 Å². The highest BCUT2D eigenvalue weighted by molar-refractivity contribution is 5.97. The zero-order valence-electron chi connectivity index (χ0n) is 17.8. The van der Waals surface area contributed by atoms with Crippen LogP contribution >= 0.6 is 0 Å². The number of likely N-dealkylation sites (N-methyl/N-ethyl adjacent to an activating group) is 1. The van der Waals surface area contributed by atoms with Crippen LogP contribution < -0.4 is 19.7 Å². The van der Waals surface area contributed by atoms with Crippen LogP contribution in [0.25, 0.3) is 0 Å². The second-order valence-electron chi connectivity index (χ2n) is 7.24. The Balaban J connectivity index is 1.61. The zero-order valence-corrected chi connectivity index (χ0v) is 17.8. The molecule has 1 aliphatic heterocycles. The van der Waals surface area contributed by atoms with Crippen molar-refractivity contribution in [3.63, 3.8) is 0 Å². The van der Waals surface area contributed by atoms with Crippen molar-refractivity contribution in [3.8, 4) is 11.5 Å². The highest BCUT2D eigenvalue weighted by Crippen LogP contribution is 2.28. The van der Waals surface area contributed by atoms with Gasteiger partial charge in [0, 0.05) is 30.9 Å². The third-order valence-corrected chi connectivity index (χ3v) is 5.18. The van der Waals surface area contributed by atoms with Gasteiger partial charge in [0.25, 0.3) is 0 Å². The van der Waals surface area contributed by atoms with Crippen molar-refractivity contribution >= 4 is 23.2 Å². The quantitative estimate of drug-likeness (QED) is 0.686. The fourth-order valence-electron chi connectivity index (χ4n) is 3.59. The molecule has 0 unspecified atom stereocenters. The van der Waals surface area contributed by atoms with Gasteiger partial charge in [0.05, 0.1) is 20.8 Å². The molecule has 2 aromatic carbocycles. The van der Waals surface area contributed by atoms with Crippen LogP contribution in [0.3, 0.4) is 0 Å². The summed E-state index contributed by atoms with van der Waals surface area (Å²) in [5.41, 5.74) is 2.56. The first-order chi connectivity index (χ1) is 14.5. The molecule has 160 valence electrons. The van der Waals surface area contributed by atoms with Crippen molar-refractivity contribution < 1.29 is 19.1 Å².